The minimum atomic E-state index is 0.308. The second-order valence-electron chi connectivity index (χ2n) is 7.32. The zero-order valence-corrected chi connectivity index (χ0v) is 17.0. The van der Waals surface area contributed by atoms with Crippen molar-refractivity contribution < 1.29 is 0 Å². The topological polar surface area (TPSA) is 24.7 Å². The third kappa shape index (κ3) is 5.64. The molecule has 0 spiro atoms. The average molecular weight is 359 g/mol. The van der Waals surface area contributed by atoms with E-state index in [9.17, 15) is 0 Å². The molecule has 140 valence electrons. The molecule has 0 amide bonds. The lowest BCUT2D eigenvalue weighted by Crippen LogP contribution is -2.02. The van der Waals surface area contributed by atoms with Crippen LogP contribution in [0.5, 0.6) is 0 Å². The van der Waals surface area contributed by atoms with Crippen molar-refractivity contribution >= 4 is 17.2 Å². The summed E-state index contributed by atoms with van der Waals surface area (Å²) < 4.78 is 0. The first-order valence-electron chi connectivity index (χ1n) is 9.49. The van der Waals surface area contributed by atoms with Crippen LogP contribution in [0.1, 0.15) is 61.8 Å². The van der Waals surface area contributed by atoms with Gasteiger partial charge < -0.3 is 0 Å². The normalized spacial score (nSPS) is 12.6. The van der Waals surface area contributed by atoms with E-state index in [0.717, 1.165) is 11.1 Å². The Morgan fingerprint density at radius 1 is 0.778 bits per heavy atom. The number of aliphatic imine (C=N–C) groups is 2. The van der Waals surface area contributed by atoms with E-state index in [2.05, 4.69) is 91.5 Å². The molecule has 0 aliphatic carbocycles. The molecule has 2 aromatic carbocycles. The van der Waals surface area contributed by atoms with Crippen LogP contribution in [0.3, 0.4) is 0 Å². The third-order valence-electron chi connectivity index (χ3n) is 4.77. The van der Waals surface area contributed by atoms with Crippen molar-refractivity contribution in [1.82, 2.24) is 0 Å². The van der Waals surface area contributed by atoms with Crippen LogP contribution in [0.15, 0.2) is 71.7 Å². The molecule has 0 N–H and O–H groups in total. The molecule has 0 bridgehead atoms. The fourth-order valence-corrected chi connectivity index (χ4v) is 3.23. The molecule has 2 atom stereocenters. The third-order valence-corrected chi connectivity index (χ3v) is 4.77. The molecule has 0 saturated heterocycles. The van der Waals surface area contributed by atoms with Gasteiger partial charge in [0.15, 0.2) is 0 Å². The summed E-state index contributed by atoms with van der Waals surface area (Å²) in [6.45, 7) is 17.9. The molecule has 2 rings (SSSR count). The van der Waals surface area contributed by atoms with Gasteiger partial charge in [0.1, 0.15) is 0 Å². The first kappa shape index (κ1) is 20.6. The van der Waals surface area contributed by atoms with Crippen molar-refractivity contribution in [3.63, 3.8) is 0 Å². The van der Waals surface area contributed by atoms with Crippen LogP contribution in [0.4, 0.5) is 0 Å². The van der Waals surface area contributed by atoms with E-state index in [4.69, 9.17) is 0 Å². The Morgan fingerprint density at radius 3 is 1.52 bits per heavy atom. The smallest absolute Gasteiger partial charge is 0.0892 e. The predicted octanol–water partition coefficient (Wildman–Crippen LogP) is 6.83. The molecule has 0 radical (unpaired) electrons. The Labute approximate surface area is 164 Å². The molecule has 2 unspecified atom stereocenters. The second-order valence-corrected chi connectivity index (χ2v) is 7.32. The fraction of sp³-hybridized carbons (Fsp3) is 0.320. The lowest BCUT2D eigenvalue weighted by atomic mass is 9.92. The maximum atomic E-state index is 4.41. The number of allylic oxidation sites excluding steroid dienone is 2. The van der Waals surface area contributed by atoms with Gasteiger partial charge in [-0.05, 0) is 36.1 Å². The Balaban J connectivity index is 2.00. The molecule has 0 aliphatic heterocycles. The van der Waals surface area contributed by atoms with Crippen molar-refractivity contribution in [2.24, 2.45) is 9.98 Å². The van der Waals surface area contributed by atoms with Gasteiger partial charge in [-0.15, -0.1) is 0 Å². The summed E-state index contributed by atoms with van der Waals surface area (Å²) in [4.78, 5) is 8.81. The maximum absolute atomic E-state index is 4.41. The number of hydrogen-bond acceptors (Lipinski definition) is 2. The SMILES string of the molecule is C=C(C)c1ccccc1C(C)CN=C=NCC(C)c1ccccc1C(=C)C. The van der Waals surface area contributed by atoms with Crippen molar-refractivity contribution in [3.8, 4) is 0 Å². The van der Waals surface area contributed by atoms with E-state index in [1.165, 1.54) is 22.3 Å². The molecular formula is C25H30N2. The summed E-state index contributed by atoms with van der Waals surface area (Å²) in [5.74, 6) is 0.615. The van der Waals surface area contributed by atoms with Crippen molar-refractivity contribution in [1.29, 1.82) is 0 Å². The van der Waals surface area contributed by atoms with Gasteiger partial charge in [-0.2, -0.15) is 0 Å². The second kappa shape index (κ2) is 9.85. The Morgan fingerprint density at radius 2 is 1.15 bits per heavy atom. The molecule has 27 heavy (non-hydrogen) atoms. The molecule has 0 heterocycles. The lowest BCUT2D eigenvalue weighted by Gasteiger charge is -2.14. The van der Waals surface area contributed by atoms with Crippen LogP contribution in [-0.4, -0.2) is 19.1 Å². The van der Waals surface area contributed by atoms with Gasteiger partial charge in [0, 0.05) is 11.8 Å². The van der Waals surface area contributed by atoms with Gasteiger partial charge in [0.25, 0.3) is 0 Å². The van der Waals surface area contributed by atoms with E-state index in [1.54, 1.807) is 0 Å². The number of nitrogens with zero attached hydrogens (tertiary/aromatic N) is 2. The maximum Gasteiger partial charge on any atom is 0.0892 e. The number of hydrogen-bond donors (Lipinski definition) is 0. The minimum Gasteiger partial charge on any atom is -0.225 e. The van der Waals surface area contributed by atoms with Gasteiger partial charge in [0.05, 0.1) is 19.1 Å². The summed E-state index contributed by atoms with van der Waals surface area (Å²) in [5.41, 5.74) is 7.14. The van der Waals surface area contributed by atoms with E-state index in [1.807, 2.05) is 13.8 Å². The van der Waals surface area contributed by atoms with Crippen LogP contribution >= 0.6 is 0 Å². The van der Waals surface area contributed by atoms with E-state index >= 15 is 0 Å². The highest BCUT2D eigenvalue weighted by atomic mass is 14.8. The quantitative estimate of drug-likeness (QED) is 0.462. The fourth-order valence-electron chi connectivity index (χ4n) is 3.23. The molecule has 2 heteroatoms. The average Bonchev–Trinajstić information content (AvgIpc) is 2.67. The van der Waals surface area contributed by atoms with Crippen LogP contribution in [0.2, 0.25) is 0 Å². The lowest BCUT2D eigenvalue weighted by molar-refractivity contribution is 0.764. The number of rotatable bonds is 8. The summed E-state index contributed by atoms with van der Waals surface area (Å²) in [7, 11) is 0. The summed E-state index contributed by atoms with van der Waals surface area (Å²) >= 11 is 0. The molecular weight excluding hydrogens is 328 g/mol. The van der Waals surface area contributed by atoms with Gasteiger partial charge in [0.2, 0.25) is 0 Å². The van der Waals surface area contributed by atoms with Gasteiger partial charge in [-0.3, -0.25) is 0 Å². The van der Waals surface area contributed by atoms with E-state index < -0.39 is 0 Å². The minimum absolute atomic E-state index is 0.308. The zero-order chi connectivity index (χ0) is 19.8. The number of benzene rings is 2. The van der Waals surface area contributed by atoms with Crippen LogP contribution < -0.4 is 0 Å². The highest BCUT2D eigenvalue weighted by Gasteiger charge is 2.11. The first-order chi connectivity index (χ1) is 12.9. The van der Waals surface area contributed by atoms with Crippen molar-refractivity contribution in [2.75, 3.05) is 13.1 Å². The van der Waals surface area contributed by atoms with Crippen molar-refractivity contribution in [3.05, 3.63) is 83.9 Å². The Bertz CT molecular complexity index is 800. The molecule has 2 aromatic rings. The standard InChI is InChI=1S/C25H30N2/c1-18(2)22-11-7-9-13-24(22)20(5)15-26-17-27-16-21(6)25-14-10-8-12-23(25)19(3)4/h7-14,20-21H,1,3,15-16H2,2,4-6H3. The zero-order valence-electron chi connectivity index (χ0n) is 17.0. The van der Waals surface area contributed by atoms with Crippen LogP contribution in [-0.2, 0) is 0 Å². The van der Waals surface area contributed by atoms with E-state index in [0.29, 0.717) is 24.9 Å². The molecule has 0 aromatic heterocycles. The Hall–Kier alpha value is -2.70. The summed E-state index contributed by atoms with van der Waals surface area (Å²) in [6.07, 6.45) is 0. The predicted molar refractivity (Wildman–Crippen MR) is 119 cm³/mol. The van der Waals surface area contributed by atoms with E-state index in [-0.39, 0.29) is 0 Å². The summed E-state index contributed by atoms with van der Waals surface area (Å²) in [5, 5.41) is 0. The summed E-state index contributed by atoms with van der Waals surface area (Å²) in [6, 6.07) is 19.7. The van der Waals surface area contributed by atoms with Crippen LogP contribution in [0.25, 0.3) is 11.1 Å². The molecule has 0 fully saturated rings. The molecule has 2 nitrogen and oxygen atoms in total. The van der Waals surface area contributed by atoms with Crippen molar-refractivity contribution in [2.45, 2.75) is 39.5 Å². The first-order valence-corrected chi connectivity index (χ1v) is 9.49. The van der Waals surface area contributed by atoms with Gasteiger partial charge in [-0.1, -0.05) is 86.7 Å². The Kier molecular flexibility index (Phi) is 7.52. The monoisotopic (exact) mass is 358 g/mol. The molecule has 0 saturated carbocycles. The van der Waals surface area contributed by atoms with Gasteiger partial charge in [-0.25, -0.2) is 9.98 Å². The largest absolute Gasteiger partial charge is 0.225 e. The highest BCUT2D eigenvalue weighted by molar-refractivity contribution is 5.66. The highest BCUT2D eigenvalue weighted by Crippen LogP contribution is 2.26. The van der Waals surface area contributed by atoms with Crippen LogP contribution in [0, 0.1) is 0 Å². The van der Waals surface area contributed by atoms with Gasteiger partial charge >= 0.3 is 0 Å². The molecule has 0 aliphatic rings.